The molecule has 0 amide bonds. The van der Waals surface area contributed by atoms with E-state index in [1.165, 1.54) is 18.2 Å². The number of carbonyl (C=O) groups is 3. The number of hydrogen-bond donors (Lipinski definition) is 4. The smallest absolute Gasteiger partial charge is 0.328 e. The van der Waals surface area contributed by atoms with Crippen molar-refractivity contribution in [2.45, 2.75) is 52.2 Å². The van der Waals surface area contributed by atoms with Crippen LogP contribution in [0.1, 0.15) is 50.9 Å². The summed E-state index contributed by atoms with van der Waals surface area (Å²) in [7, 11) is 0. The van der Waals surface area contributed by atoms with Crippen LogP contribution < -0.4 is 10.1 Å². The average molecular weight is 427 g/mol. The number of carbonyl (C=O) groups excluding carboxylic acids is 1. The van der Waals surface area contributed by atoms with Crippen molar-refractivity contribution in [3.63, 3.8) is 0 Å². The molecule has 0 saturated heterocycles. The maximum Gasteiger partial charge on any atom is 0.328 e. The van der Waals surface area contributed by atoms with Gasteiger partial charge in [0.25, 0.3) is 0 Å². The normalized spacial score (nSPS) is 12.1. The van der Waals surface area contributed by atoms with Gasteiger partial charge < -0.3 is 25.4 Å². The van der Waals surface area contributed by atoms with E-state index in [0.717, 1.165) is 0 Å². The lowest BCUT2D eigenvalue weighted by Gasteiger charge is -2.23. The zero-order valence-electron chi connectivity index (χ0n) is 17.6. The highest BCUT2D eigenvalue weighted by atomic mass is 19.1. The summed E-state index contributed by atoms with van der Waals surface area (Å²) in [6, 6.07) is 3.87. The van der Waals surface area contributed by atoms with Crippen LogP contribution in [0.4, 0.5) is 4.39 Å². The van der Waals surface area contributed by atoms with Gasteiger partial charge in [-0.05, 0) is 45.4 Å². The van der Waals surface area contributed by atoms with Crippen molar-refractivity contribution in [3.8, 4) is 5.75 Å². The third kappa shape index (κ3) is 13.4. The van der Waals surface area contributed by atoms with Crippen LogP contribution in [0.2, 0.25) is 0 Å². The van der Waals surface area contributed by atoms with Gasteiger partial charge in [-0.1, -0.05) is 6.92 Å². The van der Waals surface area contributed by atoms with Gasteiger partial charge in [0.05, 0.1) is 5.56 Å². The first kappa shape index (κ1) is 27.2. The molecule has 8 nitrogen and oxygen atoms in total. The number of rotatable bonds is 10. The Hall–Kier alpha value is -2.78. The van der Waals surface area contributed by atoms with Gasteiger partial charge in [-0.15, -0.1) is 0 Å². The third-order valence-corrected chi connectivity index (χ3v) is 3.39. The number of carboxylic acids is 2. The molecule has 168 valence electrons. The molecule has 0 aliphatic carbocycles. The minimum Gasteiger partial charge on any atom is -0.490 e. The van der Waals surface area contributed by atoms with Crippen LogP contribution >= 0.6 is 0 Å². The fraction of sp³-hybridized carbons (Fsp3) is 0.476. The fourth-order valence-corrected chi connectivity index (χ4v) is 2.02. The lowest BCUT2D eigenvalue weighted by molar-refractivity contribution is -0.134. The number of aliphatic carboxylic acids is 2. The van der Waals surface area contributed by atoms with Crippen molar-refractivity contribution in [3.05, 3.63) is 41.7 Å². The summed E-state index contributed by atoms with van der Waals surface area (Å²) in [6.45, 7) is 8.32. The Kier molecular flexibility index (Phi) is 12.2. The molecule has 30 heavy (non-hydrogen) atoms. The minimum atomic E-state index is -1.26. The monoisotopic (exact) mass is 427 g/mol. The van der Waals surface area contributed by atoms with Crippen molar-refractivity contribution in [1.29, 1.82) is 0 Å². The van der Waals surface area contributed by atoms with Crippen LogP contribution in [0, 0.1) is 5.82 Å². The number of ether oxygens (including phenoxy) is 1. The van der Waals surface area contributed by atoms with Gasteiger partial charge in [0, 0.05) is 30.7 Å². The molecule has 0 heterocycles. The fourth-order valence-electron chi connectivity index (χ4n) is 2.02. The van der Waals surface area contributed by atoms with Gasteiger partial charge in [-0.2, -0.15) is 0 Å². The molecule has 0 saturated carbocycles. The van der Waals surface area contributed by atoms with E-state index in [4.69, 9.17) is 14.9 Å². The van der Waals surface area contributed by atoms with Crippen LogP contribution in [-0.4, -0.2) is 57.8 Å². The van der Waals surface area contributed by atoms with E-state index in [2.05, 4.69) is 5.32 Å². The largest absolute Gasteiger partial charge is 0.490 e. The number of aliphatic hydroxyl groups excluding tert-OH is 1. The Bertz CT molecular complexity index is 725. The maximum atomic E-state index is 13.3. The van der Waals surface area contributed by atoms with Crippen LogP contribution in [-0.2, 0) is 9.59 Å². The Morgan fingerprint density at radius 2 is 1.73 bits per heavy atom. The van der Waals surface area contributed by atoms with Gasteiger partial charge in [0.2, 0.25) is 0 Å². The van der Waals surface area contributed by atoms with E-state index in [9.17, 15) is 23.9 Å². The highest BCUT2D eigenvalue weighted by Gasteiger charge is 2.16. The highest BCUT2D eigenvalue weighted by molar-refractivity contribution is 5.98. The topological polar surface area (TPSA) is 133 Å². The predicted octanol–water partition coefficient (Wildman–Crippen LogP) is 2.65. The molecular formula is C21H30FNO7. The number of nitrogens with one attached hydrogen (secondary N) is 1. The van der Waals surface area contributed by atoms with Crippen molar-refractivity contribution >= 4 is 17.7 Å². The van der Waals surface area contributed by atoms with E-state index >= 15 is 0 Å². The summed E-state index contributed by atoms with van der Waals surface area (Å²) in [5, 5.41) is 28.7. The second-order valence-electron chi connectivity index (χ2n) is 7.42. The number of carboxylic acid groups (broad SMARTS) is 2. The quantitative estimate of drug-likeness (QED) is 0.331. The van der Waals surface area contributed by atoms with Crippen molar-refractivity contribution in [1.82, 2.24) is 5.32 Å². The molecule has 0 unspecified atom stereocenters. The molecule has 0 aromatic heterocycles. The Morgan fingerprint density at radius 3 is 2.20 bits per heavy atom. The lowest BCUT2D eigenvalue weighted by Crippen LogP contribution is -2.42. The number of halogens is 1. The molecule has 9 heteroatoms. The molecule has 0 bridgehead atoms. The molecule has 0 aliphatic heterocycles. The number of ketones is 1. The summed E-state index contributed by atoms with van der Waals surface area (Å²) in [6.07, 6.45) is 1.43. The molecule has 1 aromatic carbocycles. The minimum absolute atomic E-state index is 0.0428. The molecule has 0 aliphatic rings. The van der Waals surface area contributed by atoms with Crippen molar-refractivity contribution < 1.29 is 38.8 Å². The van der Waals surface area contributed by atoms with Crippen LogP contribution in [0.25, 0.3) is 0 Å². The standard InChI is InChI=1S/C17H26FNO3.C4H4O4/c1-5-6-15(21)14-9-12(18)7-8-16(14)22-11-13(20)10-19-17(2,3)4;5-3(6)1-2-4(7)8/h7-9,13,19-20H,5-6,10-11H2,1-4H3;1-2H,(H,5,6)(H,7,8)/b;2-1-/t13-;/m0./s1. The second kappa shape index (κ2) is 13.4. The van der Waals surface area contributed by atoms with Crippen LogP contribution in [0.5, 0.6) is 5.75 Å². The SMILES string of the molecule is CCCC(=O)c1cc(F)ccc1OC[C@@H](O)CNC(C)(C)C.O=C(O)/C=C\C(=O)O. The lowest BCUT2D eigenvalue weighted by atomic mass is 10.1. The third-order valence-electron chi connectivity index (χ3n) is 3.39. The predicted molar refractivity (Wildman–Crippen MR) is 109 cm³/mol. The van der Waals surface area contributed by atoms with E-state index < -0.39 is 23.9 Å². The zero-order valence-corrected chi connectivity index (χ0v) is 17.6. The van der Waals surface area contributed by atoms with E-state index in [1.54, 1.807) is 0 Å². The molecule has 0 spiro atoms. The molecule has 1 aromatic rings. The first-order valence-electron chi connectivity index (χ1n) is 9.38. The van der Waals surface area contributed by atoms with Crippen LogP contribution in [0.15, 0.2) is 30.4 Å². The molecule has 4 N–H and O–H groups in total. The van der Waals surface area contributed by atoms with Crippen molar-refractivity contribution in [2.75, 3.05) is 13.2 Å². The second-order valence-corrected chi connectivity index (χ2v) is 7.42. The van der Waals surface area contributed by atoms with Crippen molar-refractivity contribution in [2.24, 2.45) is 0 Å². The van der Waals surface area contributed by atoms with Gasteiger partial charge >= 0.3 is 11.9 Å². The first-order valence-corrected chi connectivity index (χ1v) is 9.38. The summed E-state index contributed by atoms with van der Waals surface area (Å²) < 4.78 is 18.8. The average Bonchev–Trinajstić information content (AvgIpc) is 2.63. The Balaban J connectivity index is 0.000000890. The van der Waals surface area contributed by atoms with Gasteiger partial charge in [-0.3, -0.25) is 4.79 Å². The number of aliphatic hydroxyl groups is 1. The Labute approximate surface area is 175 Å². The van der Waals surface area contributed by atoms with Gasteiger partial charge in [-0.25, -0.2) is 14.0 Å². The van der Waals surface area contributed by atoms with E-state index in [-0.39, 0.29) is 23.5 Å². The Morgan fingerprint density at radius 1 is 1.17 bits per heavy atom. The van der Waals surface area contributed by atoms with Gasteiger partial charge in [0.15, 0.2) is 5.78 Å². The summed E-state index contributed by atoms with van der Waals surface area (Å²) >= 11 is 0. The van der Waals surface area contributed by atoms with Gasteiger partial charge in [0.1, 0.15) is 24.3 Å². The zero-order chi connectivity index (χ0) is 23.3. The number of hydrogen-bond acceptors (Lipinski definition) is 6. The molecular weight excluding hydrogens is 397 g/mol. The molecule has 1 rings (SSSR count). The first-order chi connectivity index (χ1) is 13.9. The highest BCUT2D eigenvalue weighted by Crippen LogP contribution is 2.22. The molecule has 1 atom stereocenters. The number of β-amino-alcohol motifs (C(OH)–C–C–N with tert-alkyl or cyclic N) is 1. The van der Waals surface area contributed by atoms with Crippen LogP contribution in [0.3, 0.4) is 0 Å². The number of Topliss-reactive ketones (excluding diaryl/α,β-unsaturated/α-hetero) is 1. The maximum absolute atomic E-state index is 13.3. The molecule has 0 radical (unpaired) electrons. The van der Waals surface area contributed by atoms with E-state index in [1.807, 2.05) is 27.7 Å². The summed E-state index contributed by atoms with van der Waals surface area (Å²) in [4.78, 5) is 31.1. The number of benzene rings is 1. The molecule has 0 fully saturated rings. The summed E-state index contributed by atoms with van der Waals surface area (Å²) in [5.74, 6) is -2.82. The summed E-state index contributed by atoms with van der Waals surface area (Å²) in [5.41, 5.74) is 0.136. The van der Waals surface area contributed by atoms with E-state index in [0.29, 0.717) is 37.3 Å².